The Kier molecular flexibility index (Phi) is 7.17. The van der Waals surface area contributed by atoms with Crippen molar-refractivity contribution in [3.8, 4) is 0 Å². The van der Waals surface area contributed by atoms with Crippen LogP contribution in [0.25, 0.3) is 16.5 Å². The summed E-state index contributed by atoms with van der Waals surface area (Å²) in [5, 5.41) is 17.0. The first-order chi connectivity index (χ1) is 12.5. The highest BCUT2D eigenvalue weighted by atomic mass is 16.4. The molecular formula is C20H24N2O4. The van der Waals surface area contributed by atoms with Crippen LogP contribution in [0.1, 0.15) is 25.3 Å². The van der Waals surface area contributed by atoms with Crippen LogP contribution in [0, 0.1) is 0 Å². The molecule has 0 radical (unpaired) electrons. The van der Waals surface area contributed by atoms with E-state index in [2.05, 4.69) is 47.1 Å². The number of nitrogens with zero attached hydrogens (tertiary/aromatic N) is 1. The molecule has 0 atom stereocenters. The molecule has 3 rings (SSSR count). The maximum atomic E-state index is 9.55. The molecule has 26 heavy (non-hydrogen) atoms. The molecule has 1 aromatic carbocycles. The van der Waals surface area contributed by atoms with Gasteiger partial charge in [-0.1, -0.05) is 25.1 Å². The lowest BCUT2D eigenvalue weighted by Crippen LogP contribution is -2.30. The Labute approximate surface area is 152 Å². The number of aliphatic carboxylic acids is 2. The summed E-state index contributed by atoms with van der Waals surface area (Å²) in [6, 6.07) is 8.72. The topological polar surface area (TPSA) is 93.6 Å². The number of rotatable bonds is 5. The van der Waals surface area contributed by atoms with E-state index in [4.69, 9.17) is 10.2 Å². The van der Waals surface area contributed by atoms with E-state index >= 15 is 0 Å². The Morgan fingerprint density at radius 1 is 1.19 bits per heavy atom. The average Bonchev–Trinajstić information content (AvgIpc) is 3.10. The highest BCUT2D eigenvalue weighted by molar-refractivity contribution is 5.92. The number of aromatic amines is 1. The van der Waals surface area contributed by atoms with Gasteiger partial charge in [0.15, 0.2) is 0 Å². The SMILES string of the molecule is CCCN1CCC=C(c2cccc3[nH]ccc23)C1.O=C(O)/C=C/C(=O)O. The summed E-state index contributed by atoms with van der Waals surface area (Å²) >= 11 is 0. The van der Waals surface area contributed by atoms with Gasteiger partial charge in [0, 0.05) is 42.3 Å². The summed E-state index contributed by atoms with van der Waals surface area (Å²) in [4.78, 5) is 25.0. The monoisotopic (exact) mass is 356 g/mol. The number of nitrogens with one attached hydrogen (secondary N) is 1. The minimum absolute atomic E-state index is 0.558. The maximum Gasteiger partial charge on any atom is 0.328 e. The summed E-state index contributed by atoms with van der Waals surface area (Å²) in [5.74, 6) is -2.51. The Balaban J connectivity index is 0.000000260. The van der Waals surface area contributed by atoms with E-state index < -0.39 is 11.9 Å². The lowest BCUT2D eigenvalue weighted by Gasteiger charge is -2.27. The van der Waals surface area contributed by atoms with Gasteiger partial charge in [0.05, 0.1) is 0 Å². The van der Waals surface area contributed by atoms with E-state index in [0.29, 0.717) is 12.2 Å². The zero-order valence-corrected chi connectivity index (χ0v) is 14.8. The van der Waals surface area contributed by atoms with Gasteiger partial charge in [-0.25, -0.2) is 9.59 Å². The normalized spacial score (nSPS) is 14.7. The van der Waals surface area contributed by atoms with Crippen molar-refractivity contribution in [3.05, 3.63) is 54.3 Å². The minimum Gasteiger partial charge on any atom is -0.478 e. The van der Waals surface area contributed by atoms with Crippen molar-refractivity contribution < 1.29 is 19.8 Å². The summed E-state index contributed by atoms with van der Waals surface area (Å²) < 4.78 is 0. The summed E-state index contributed by atoms with van der Waals surface area (Å²) in [6.45, 7) is 5.77. The fourth-order valence-electron chi connectivity index (χ4n) is 3.02. The number of carboxylic acid groups (broad SMARTS) is 2. The number of H-pyrrole nitrogens is 1. The van der Waals surface area contributed by atoms with Crippen LogP contribution in [-0.2, 0) is 9.59 Å². The summed E-state index contributed by atoms with van der Waals surface area (Å²) in [5.41, 5.74) is 4.12. The smallest absolute Gasteiger partial charge is 0.328 e. The second-order valence-corrected chi connectivity index (χ2v) is 6.05. The Morgan fingerprint density at radius 3 is 2.58 bits per heavy atom. The number of hydrogen-bond acceptors (Lipinski definition) is 3. The molecule has 138 valence electrons. The van der Waals surface area contributed by atoms with Crippen LogP contribution in [0.4, 0.5) is 0 Å². The lowest BCUT2D eigenvalue weighted by molar-refractivity contribution is -0.134. The fraction of sp³-hybridized carbons (Fsp3) is 0.300. The zero-order valence-electron chi connectivity index (χ0n) is 14.8. The largest absolute Gasteiger partial charge is 0.478 e. The minimum atomic E-state index is -1.26. The molecule has 6 heteroatoms. The van der Waals surface area contributed by atoms with Crippen molar-refractivity contribution in [2.75, 3.05) is 19.6 Å². The molecule has 0 amide bonds. The van der Waals surface area contributed by atoms with Crippen molar-refractivity contribution in [2.45, 2.75) is 19.8 Å². The first kappa shape index (κ1) is 19.5. The van der Waals surface area contributed by atoms with Crippen molar-refractivity contribution in [2.24, 2.45) is 0 Å². The first-order valence-electron chi connectivity index (χ1n) is 8.63. The number of benzene rings is 1. The van der Waals surface area contributed by atoms with Gasteiger partial charge in [0.2, 0.25) is 0 Å². The quantitative estimate of drug-likeness (QED) is 0.714. The zero-order chi connectivity index (χ0) is 18.9. The fourth-order valence-corrected chi connectivity index (χ4v) is 3.02. The molecule has 1 aliphatic rings. The molecule has 0 saturated carbocycles. The van der Waals surface area contributed by atoms with Gasteiger partial charge < -0.3 is 15.2 Å². The van der Waals surface area contributed by atoms with Crippen LogP contribution in [0.2, 0.25) is 0 Å². The molecule has 3 N–H and O–H groups in total. The number of fused-ring (bicyclic) bond motifs is 1. The number of hydrogen-bond donors (Lipinski definition) is 3. The van der Waals surface area contributed by atoms with Crippen LogP contribution < -0.4 is 0 Å². The maximum absolute atomic E-state index is 9.55. The van der Waals surface area contributed by atoms with E-state index in [1.165, 1.54) is 48.0 Å². The third kappa shape index (κ3) is 5.60. The lowest BCUT2D eigenvalue weighted by atomic mass is 9.98. The van der Waals surface area contributed by atoms with Crippen LogP contribution >= 0.6 is 0 Å². The standard InChI is InChI=1S/C16H20N2.C4H4O4/c1-2-10-18-11-4-5-13(12-18)14-6-3-7-16-15(14)8-9-17-16;5-3(6)1-2-4(7)8/h3,5-9,17H,2,4,10-12H2,1H3;1-2H,(H,5,6)(H,7,8)/b;2-1+. The Bertz CT molecular complexity index is 804. The average molecular weight is 356 g/mol. The molecule has 1 aromatic heterocycles. The van der Waals surface area contributed by atoms with Crippen molar-refractivity contribution >= 4 is 28.4 Å². The summed E-state index contributed by atoms with van der Waals surface area (Å²) in [7, 11) is 0. The van der Waals surface area contributed by atoms with Crippen LogP contribution in [0.3, 0.4) is 0 Å². The van der Waals surface area contributed by atoms with Gasteiger partial charge in [0.25, 0.3) is 0 Å². The first-order valence-corrected chi connectivity index (χ1v) is 8.63. The van der Waals surface area contributed by atoms with E-state index in [0.717, 1.165) is 6.54 Å². The van der Waals surface area contributed by atoms with Gasteiger partial charge in [-0.15, -0.1) is 0 Å². The predicted octanol–water partition coefficient (Wildman–Crippen LogP) is 3.38. The van der Waals surface area contributed by atoms with E-state index in [1.807, 2.05) is 6.20 Å². The number of aromatic nitrogens is 1. The molecule has 0 fully saturated rings. The Morgan fingerprint density at radius 2 is 1.92 bits per heavy atom. The second-order valence-electron chi connectivity index (χ2n) is 6.05. The van der Waals surface area contributed by atoms with E-state index in [9.17, 15) is 9.59 Å². The third-order valence-electron chi connectivity index (χ3n) is 4.08. The molecule has 0 unspecified atom stereocenters. The molecule has 1 aliphatic heterocycles. The number of carbonyl (C=O) groups is 2. The second kappa shape index (κ2) is 9.58. The highest BCUT2D eigenvalue weighted by Crippen LogP contribution is 2.27. The molecule has 0 bridgehead atoms. The third-order valence-corrected chi connectivity index (χ3v) is 4.08. The van der Waals surface area contributed by atoms with Crippen LogP contribution in [0.15, 0.2) is 48.7 Å². The van der Waals surface area contributed by atoms with Gasteiger partial charge >= 0.3 is 11.9 Å². The van der Waals surface area contributed by atoms with Crippen LogP contribution in [-0.4, -0.2) is 51.7 Å². The van der Waals surface area contributed by atoms with Gasteiger partial charge in [-0.3, -0.25) is 4.90 Å². The highest BCUT2D eigenvalue weighted by Gasteiger charge is 2.14. The van der Waals surface area contributed by atoms with Gasteiger partial charge in [0.1, 0.15) is 0 Å². The molecule has 6 nitrogen and oxygen atoms in total. The van der Waals surface area contributed by atoms with E-state index in [-0.39, 0.29) is 0 Å². The Hall–Kier alpha value is -2.86. The van der Waals surface area contributed by atoms with Crippen molar-refractivity contribution in [1.82, 2.24) is 9.88 Å². The molecule has 0 saturated heterocycles. The molecular weight excluding hydrogens is 332 g/mol. The van der Waals surface area contributed by atoms with Crippen LogP contribution in [0.5, 0.6) is 0 Å². The van der Waals surface area contributed by atoms with Crippen molar-refractivity contribution in [1.29, 1.82) is 0 Å². The number of carboxylic acids is 2. The molecule has 0 spiro atoms. The van der Waals surface area contributed by atoms with Gasteiger partial charge in [-0.05, 0) is 42.7 Å². The summed E-state index contributed by atoms with van der Waals surface area (Å²) in [6.07, 6.45) is 7.97. The predicted molar refractivity (Wildman–Crippen MR) is 102 cm³/mol. The van der Waals surface area contributed by atoms with E-state index in [1.54, 1.807) is 0 Å². The molecule has 2 aromatic rings. The van der Waals surface area contributed by atoms with Gasteiger partial charge in [-0.2, -0.15) is 0 Å². The van der Waals surface area contributed by atoms with Crippen molar-refractivity contribution in [3.63, 3.8) is 0 Å². The molecule has 2 heterocycles. The molecule has 0 aliphatic carbocycles.